The van der Waals surface area contributed by atoms with Crippen molar-refractivity contribution < 1.29 is 23.5 Å². The SMILES string of the molecule is O=C([C@@H]1C[C@H](Oc2ccccc2)CN1C(=O)c1ccoc1)N1CCOCC1. The zero-order chi connectivity index (χ0) is 18.6. The van der Waals surface area contributed by atoms with Crippen LogP contribution in [0.25, 0.3) is 0 Å². The fourth-order valence-corrected chi connectivity index (χ4v) is 3.58. The molecular formula is C20H22N2O5. The fraction of sp³-hybridized carbons (Fsp3) is 0.400. The largest absolute Gasteiger partial charge is 0.488 e. The van der Waals surface area contributed by atoms with Gasteiger partial charge in [-0.1, -0.05) is 18.2 Å². The van der Waals surface area contributed by atoms with Gasteiger partial charge in [-0.25, -0.2) is 0 Å². The van der Waals surface area contributed by atoms with E-state index in [0.29, 0.717) is 44.8 Å². The summed E-state index contributed by atoms with van der Waals surface area (Å²) in [5.41, 5.74) is 0.440. The smallest absolute Gasteiger partial charge is 0.257 e. The standard InChI is InChI=1S/C20H22N2O5/c23-19(15-6-9-26-14-15)22-13-17(27-16-4-2-1-3-5-16)12-18(22)20(24)21-7-10-25-11-8-21/h1-6,9,14,17-18H,7-8,10-13H2/t17-,18-/m0/s1. The van der Waals surface area contributed by atoms with Gasteiger partial charge in [0.1, 0.15) is 24.2 Å². The molecule has 0 unspecified atom stereocenters. The van der Waals surface area contributed by atoms with E-state index in [2.05, 4.69) is 0 Å². The lowest BCUT2D eigenvalue weighted by molar-refractivity contribution is -0.139. The highest BCUT2D eigenvalue weighted by molar-refractivity contribution is 5.97. The molecule has 2 aliphatic rings. The molecule has 2 atom stereocenters. The predicted octanol–water partition coefficient (Wildman–Crippen LogP) is 1.80. The van der Waals surface area contributed by atoms with E-state index in [1.165, 1.54) is 12.5 Å². The third-order valence-electron chi connectivity index (χ3n) is 4.95. The van der Waals surface area contributed by atoms with Gasteiger partial charge in [-0.15, -0.1) is 0 Å². The second kappa shape index (κ2) is 7.84. The van der Waals surface area contributed by atoms with Crippen LogP contribution in [0.4, 0.5) is 0 Å². The van der Waals surface area contributed by atoms with Crippen molar-refractivity contribution >= 4 is 11.8 Å². The van der Waals surface area contributed by atoms with Crippen molar-refractivity contribution in [2.45, 2.75) is 18.6 Å². The highest BCUT2D eigenvalue weighted by Gasteiger charge is 2.43. The van der Waals surface area contributed by atoms with E-state index in [9.17, 15) is 9.59 Å². The summed E-state index contributed by atoms with van der Waals surface area (Å²) in [6, 6.07) is 10.5. The van der Waals surface area contributed by atoms with Gasteiger partial charge in [0.25, 0.3) is 5.91 Å². The number of benzene rings is 1. The van der Waals surface area contributed by atoms with Crippen LogP contribution in [0.5, 0.6) is 5.75 Å². The number of carbonyl (C=O) groups excluding carboxylic acids is 2. The predicted molar refractivity (Wildman–Crippen MR) is 96.4 cm³/mol. The number of para-hydroxylation sites is 1. The Labute approximate surface area is 157 Å². The van der Waals surface area contributed by atoms with Crippen LogP contribution in [0.1, 0.15) is 16.8 Å². The van der Waals surface area contributed by atoms with E-state index in [0.717, 1.165) is 5.75 Å². The molecule has 1 aromatic carbocycles. The Morgan fingerprint density at radius 2 is 1.85 bits per heavy atom. The average molecular weight is 370 g/mol. The number of hydrogen-bond donors (Lipinski definition) is 0. The number of rotatable bonds is 4. The molecule has 0 radical (unpaired) electrons. The molecule has 7 nitrogen and oxygen atoms in total. The minimum absolute atomic E-state index is 0.0469. The number of amides is 2. The third kappa shape index (κ3) is 3.83. The van der Waals surface area contributed by atoms with Gasteiger partial charge in [-0.05, 0) is 18.2 Å². The van der Waals surface area contributed by atoms with Crippen molar-refractivity contribution in [3.63, 3.8) is 0 Å². The summed E-state index contributed by atoms with van der Waals surface area (Å²) >= 11 is 0. The van der Waals surface area contributed by atoms with E-state index in [4.69, 9.17) is 13.9 Å². The monoisotopic (exact) mass is 370 g/mol. The van der Waals surface area contributed by atoms with Gasteiger partial charge >= 0.3 is 0 Å². The molecule has 2 aromatic rings. The average Bonchev–Trinajstić information content (AvgIpc) is 3.39. The molecule has 0 spiro atoms. The first-order chi connectivity index (χ1) is 13.2. The number of nitrogens with zero attached hydrogens (tertiary/aromatic N) is 2. The maximum absolute atomic E-state index is 13.1. The van der Waals surface area contributed by atoms with E-state index in [1.807, 2.05) is 30.3 Å². The van der Waals surface area contributed by atoms with E-state index < -0.39 is 6.04 Å². The number of hydrogen-bond acceptors (Lipinski definition) is 5. The van der Waals surface area contributed by atoms with Crippen LogP contribution in [0.15, 0.2) is 53.3 Å². The molecule has 4 rings (SSSR count). The summed E-state index contributed by atoms with van der Waals surface area (Å²) in [7, 11) is 0. The first kappa shape index (κ1) is 17.6. The minimum Gasteiger partial charge on any atom is -0.488 e. The van der Waals surface area contributed by atoms with Crippen LogP contribution in [-0.2, 0) is 9.53 Å². The van der Waals surface area contributed by atoms with Crippen molar-refractivity contribution in [3.05, 3.63) is 54.5 Å². The third-order valence-corrected chi connectivity index (χ3v) is 4.95. The number of ether oxygens (including phenoxy) is 2. The van der Waals surface area contributed by atoms with Gasteiger partial charge in [-0.3, -0.25) is 9.59 Å². The normalized spacial score (nSPS) is 22.7. The molecule has 1 aromatic heterocycles. The summed E-state index contributed by atoms with van der Waals surface area (Å²) in [6.45, 7) is 2.51. The lowest BCUT2D eigenvalue weighted by Crippen LogP contribution is -2.51. The molecule has 2 aliphatic heterocycles. The Balaban J connectivity index is 1.53. The maximum atomic E-state index is 13.1. The number of carbonyl (C=O) groups is 2. The summed E-state index contributed by atoms with van der Waals surface area (Å²) in [6.07, 6.45) is 3.09. The number of morpholine rings is 1. The summed E-state index contributed by atoms with van der Waals surface area (Å²) in [4.78, 5) is 29.4. The van der Waals surface area contributed by atoms with Crippen LogP contribution >= 0.6 is 0 Å². The Morgan fingerprint density at radius 1 is 1.07 bits per heavy atom. The molecule has 0 aliphatic carbocycles. The van der Waals surface area contributed by atoms with Gasteiger partial charge in [0, 0.05) is 19.5 Å². The highest BCUT2D eigenvalue weighted by Crippen LogP contribution is 2.26. The summed E-state index contributed by atoms with van der Waals surface area (Å²) < 4.78 is 16.4. The fourth-order valence-electron chi connectivity index (χ4n) is 3.58. The van der Waals surface area contributed by atoms with E-state index in [-0.39, 0.29) is 17.9 Å². The molecule has 3 heterocycles. The lowest BCUT2D eigenvalue weighted by atomic mass is 10.1. The zero-order valence-corrected chi connectivity index (χ0v) is 15.0. The Morgan fingerprint density at radius 3 is 2.56 bits per heavy atom. The molecule has 0 bridgehead atoms. The second-order valence-corrected chi connectivity index (χ2v) is 6.71. The molecule has 7 heteroatoms. The molecule has 2 amide bonds. The topological polar surface area (TPSA) is 72.2 Å². The Kier molecular flexibility index (Phi) is 5.11. The quantitative estimate of drug-likeness (QED) is 0.821. The first-order valence-electron chi connectivity index (χ1n) is 9.14. The van der Waals surface area contributed by atoms with Gasteiger partial charge in [0.15, 0.2) is 0 Å². The Bertz CT molecular complexity index is 771. The van der Waals surface area contributed by atoms with Crippen molar-refractivity contribution in [1.82, 2.24) is 9.80 Å². The minimum atomic E-state index is -0.542. The summed E-state index contributed by atoms with van der Waals surface area (Å²) in [5.74, 6) is 0.474. The first-order valence-corrected chi connectivity index (χ1v) is 9.14. The van der Waals surface area contributed by atoms with Crippen molar-refractivity contribution in [2.24, 2.45) is 0 Å². The molecule has 2 saturated heterocycles. The maximum Gasteiger partial charge on any atom is 0.257 e. The highest BCUT2D eigenvalue weighted by atomic mass is 16.5. The van der Waals surface area contributed by atoms with Crippen molar-refractivity contribution in [3.8, 4) is 5.75 Å². The summed E-state index contributed by atoms with van der Waals surface area (Å²) in [5, 5.41) is 0. The van der Waals surface area contributed by atoms with Gasteiger partial charge in [0.2, 0.25) is 5.91 Å². The van der Waals surface area contributed by atoms with Crippen molar-refractivity contribution in [2.75, 3.05) is 32.8 Å². The molecular weight excluding hydrogens is 348 g/mol. The van der Waals surface area contributed by atoms with Crippen LogP contribution in [-0.4, -0.2) is 66.6 Å². The van der Waals surface area contributed by atoms with Crippen LogP contribution < -0.4 is 4.74 Å². The number of furan rings is 1. The lowest BCUT2D eigenvalue weighted by Gasteiger charge is -2.32. The van der Waals surface area contributed by atoms with Crippen LogP contribution in [0.3, 0.4) is 0 Å². The van der Waals surface area contributed by atoms with Gasteiger partial charge < -0.3 is 23.7 Å². The van der Waals surface area contributed by atoms with Gasteiger partial charge in [-0.2, -0.15) is 0 Å². The van der Waals surface area contributed by atoms with Gasteiger partial charge in [0.05, 0.1) is 31.6 Å². The molecule has 142 valence electrons. The van der Waals surface area contributed by atoms with Crippen LogP contribution in [0, 0.1) is 0 Å². The molecule has 27 heavy (non-hydrogen) atoms. The molecule has 2 fully saturated rings. The van der Waals surface area contributed by atoms with Crippen molar-refractivity contribution in [1.29, 1.82) is 0 Å². The van der Waals surface area contributed by atoms with E-state index in [1.54, 1.807) is 15.9 Å². The number of likely N-dealkylation sites (tertiary alicyclic amines) is 1. The van der Waals surface area contributed by atoms with E-state index >= 15 is 0 Å². The Hall–Kier alpha value is -2.80. The second-order valence-electron chi connectivity index (χ2n) is 6.71. The van der Waals surface area contributed by atoms with Crippen LogP contribution in [0.2, 0.25) is 0 Å². The molecule has 0 saturated carbocycles. The molecule has 0 N–H and O–H groups in total. The zero-order valence-electron chi connectivity index (χ0n) is 15.0.